The molecular formula is C77H132O6. The minimum absolute atomic E-state index is 0.0883. The topological polar surface area (TPSA) is 78.9 Å². The van der Waals surface area contributed by atoms with Crippen LogP contribution in [0.15, 0.2) is 109 Å². The van der Waals surface area contributed by atoms with Crippen LogP contribution in [0.2, 0.25) is 0 Å². The minimum Gasteiger partial charge on any atom is -0.462 e. The van der Waals surface area contributed by atoms with Crippen LogP contribution in [0.5, 0.6) is 0 Å². The molecule has 0 saturated carbocycles. The molecule has 1 atom stereocenters. The van der Waals surface area contributed by atoms with E-state index >= 15 is 0 Å². The summed E-state index contributed by atoms with van der Waals surface area (Å²) in [7, 11) is 0. The number of hydrogen-bond acceptors (Lipinski definition) is 6. The van der Waals surface area contributed by atoms with E-state index in [-0.39, 0.29) is 31.1 Å². The van der Waals surface area contributed by atoms with Crippen LogP contribution in [0.25, 0.3) is 0 Å². The number of ether oxygens (including phenoxy) is 3. The third kappa shape index (κ3) is 68.7. The van der Waals surface area contributed by atoms with Gasteiger partial charge in [0.1, 0.15) is 13.2 Å². The zero-order valence-corrected chi connectivity index (χ0v) is 54.7. The Morgan fingerprint density at radius 3 is 0.747 bits per heavy atom. The van der Waals surface area contributed by atoms with Gasteiger partial charge in [-0.25, -0.2) is 0 Å². The summed E-state index contributed by atoms with van der Waals surface area (Å²) < 4.78 is 17.0. The van der Waals surface area contributed by atoms with E-state index < -0.39 is 6.10 Å². The molecule has 0 spiro atoms. The average Bonchev–Trinajstić information content (AvgIpc) is 3.49. The number of unbranched alkanes of at least 4 members (excludes halogenated alkanes) is 35. The third-order valence-electron chi connectivity index (χ3n) is 15.2. The Labute approximate surface area is 514 Å². The molecule has 0 aromatic heterocycles. The number of hydrogen-bond donors (Lipinski definition) is 0. The zero-order chi connectivity index (χ0) is 59.9. The molecule has 0 rings (SSSR count). The fourth-order valence-corrected chi connectivity index (χ4v) is 9.94. The largest absolute Gasteiger partial charge is 0.462 e. The van der Waals surface area contributed by atoms with Gasteiger partial charge in [-0.3, -0.25) is 14.4 Å². The molecule has 0 N–H and O–H groups in total. The van der Waals surface area contributed by atoms with Crippen molar-refractivity contribution in [3.05, 3.63) is 109 Å². The lowest BCUT2D eigenvalue weighted by atomic mass is 10.0. The van der Waals surface area contributed by atoms with E-state index in [2.05, 4.69) is 130 Å². The van der Waals surface area contributed by atoms with E-state index in [1.54, 1.807) is 0 Å². The maximum absolute atomic E-state index is 12.9. The van der Waals surface area contributed by atoms with Crippen LogP contribution < -0.4 is 0 Å². The predicted molar refractivity (Wildman–Crippen MR) is 362 cm³/mol. The van der Waals surface area contributed by atoms with E-state index in [4.69, 9.17) is 14.2 Å². The number of carbonyl (C=O) groups is 3. The smallest absolute Gasteiger partial charge is 0.306 e. The van der Waals surface area contributed by atoms with Gasteiger partial charge in [0.15, 0.2) is 6.10 Å². The second-order valence-corrected chi connectivity index (χ2v) is 23.4. The van der Waals surface area contributed by atoms with E-state index in [0.717, 1.165) is 128 Å². The van der Waals surface area contributed by atoms with Crippen LogP contribution in [0.1, 0.15) is 342 Å². The molecule has 0 radical (unpaired) electrons. The molecule has 0 aromatic rings. The summed E-state index contributed by atoms with van der Waals surface area (Å²) in [6.45, 7) is 6.52. The summed E-state index contributed by atoms with van der Waals surface area (Å²) in [5.74, 6) is -0.904. The van der Waals surface area contributed by atoms with Gasteiger partial charge in [-0.05, 0) is 128 Å². The summed E-state index contributed by atoms with van der Waals surface area (Å²) in [4.78, 5) is 38.4. The van der Waals surface area contributed by atoms with Crippen molar-refractivity contribution >= 4 is 17.9 Å². The molecule has 0 saturated heterocycles. The Hall–Kier alpha value is -3.93. The second-order valence-electron chi connectivity index (χ2n) is 23.4. The zero-order valence-electron chi connectivity index (χ0n) is 54.7. The van der Waals surface area contributed by atoms with Gasteiger partial charge in [-0.2, -0.15) is 0 Å². The lowest BCUT2D eigenvalue weighted by molar-refractivity contribution is -0.167. The van der Waals surface area contributed by atoms with Gasteiger partial charge >= 0.3 is 17.9 Å². The number of esters is 3. The molecule has 0 aliphatic heterocycles. The first-order valence-electron chi connectivity index (χ1n) is 35.4. The van der Waals surface area contributed by atoms with E-state index in [0.29, 0.717) is 19.3 Å². The standard InChI is InChI=1S/C77H132O6/c1-4-7-10-13-16-19-22-25-28-30-32-34-35-36-37-38-39-40-41-43-44-46-49-52-55-58-61-64-67-70-76(79)82-73-74(72-81-75(78)69-66-63-60-57-54-51-48-27-24-21-18-15-12-9-6-3)83-77(80)71-68-65-62-59-56-53-50-47-45-42-33-31-29-26-23-20-17-14-11-8-5-2/h8,11,17,20,22,25-27,29-30,32-33,35-36,42,47-48,50,74H,4-7,9-10,12-16,18-19,21,23-24,28,31,34,37-41,43-46,49,51-73H2,1-3H3/b11-8-,20-17-,25-22-,29-26-,32-30-,36-35-,42-33-,48-27-,50-47-. The fourth-order valence-electron chi connectivity index (χ4n) is 9.94. The summed E-state index contributed by atoms with van der Waals surface area (Å²) in [5.41, 5.74) is 0. The van der Waals surface area contributed by atoms with E-state index in [1.807, 2.05) is 0 Å². The first kappa shape index (κ1) is 79.1. The minimum atomic E-state index is -0.795. The molecule has 6 nitrogen and oxygen atoms in total. The van der Waals surface area contributed by atoms with Crippen molar-refractivity contribution in [2.24, 2.45) is 0 Å². The van der Waals surface area contributed by atoms with Crippen LogP contribution in [0.4, 0.5) is 0 Å². The summed E-state index contributed by atoms with van der Waals surface area (Å²) in [5, 5.41) is 0. The Morgan fingerprint density at radius 1 is 0.253 bits per heavy atom. The van der Waals surface area contributed by atoms with Crippen molar-refractivity contribution in [1.82, 2.24) is 0 Å². The first-order chi connectivity index (χ1) is 41.0. The van der Waals surface area contributed by atoms with Crippen LogP contribution in [0, 0.1) is 0 Å². The van der Waals surface area contributed by atoms with Gasteiger partial charge in [0.05, 0.1) is 0 Å². The summed E-state index contributed by atoms with van der Waals surface area (Å²) in [6.07, 6.45) is 96.8. The van der Waals surface area contributed by atoms with Crippen molar-refractivity contribution < 1.29 is 28.6 Å². The third-order valence-corrected chi connectivity index (χ3v) is 15.2. The van der Waals surface area contributed by atoms with E-state index in [9.17, 15) is 14.4 Å². The summed E-state index contributed by atoms with van der Waals surface area (Å²) >= 11 is 0. The molecule has 0 bridgehead atoms. The Morgan fingerprint density at radius 2 is 0.470 bits per heavy atom. The molecule has 0 amide bonds. The maximum atomic E-state index is 12.9. The Balaban J connectivity index is 4.33. The lowest BCUT2D eigenvalue weighted by Gasteiger charge is -2.18. The van der Waals surface area contributed by atoms with Crippen molar-refractivity contribution in [2.75, 3.05) is 13.2 Å². The number of carbonyl (C=O) groups excluding carboxylic acids is 3. The highest BCUT2D eigenvalue weighted by molar-refractivity contribution is 5.71. The normalized spacial score (nSPS) is 12.8. The number of rotatable bonds is 64. The van der Waals surface area contributed by atoms with Crippen LogP contribution in [0.3, 0.4) is 0 Å². The highest BCUT2D eigenvalue weighted by atomic mass is 16.6. The fraction of sp³-hybridized carbons (Fsp3) is 0.727. The van der Waals surface area contributed by atoms with Gasteiger partial charge in [-0.15, -0.1) is 0 Å². The van der Waals surface area contributed by atoms with Crippen molar-refractivity contribution in [3.8, 4) is 0 Å². The van der Waals surface area contributed by atoms with Gasteiger partial charge in [0.2, 0.25) is 0 Å². The quantitative estimate of drug-likeness (QED) is 0.0261. The van der Waals surface area contributed by atoms with Gasteiger partial charge in [0, 0.05) is 19.3 Å². The van der Waals surface area contributed by atoms with Gasteiger partial charge < -0.3 is 14.2 Å². The number of allylic oxidation sites excluding steroid dienone is 18. The second kappa shape index (κ2) is 70.6. The molecule has 476 valence electrons. The van der Waals surface area contributed by atoms with Gasteiger partial charge in [-0.1, -0.05) is 304 Å². The summed E-state index contributed by atoms with van der Waals surface area (Å²) in [6, 6.07) is 0. The Kier molecular flexibility index (Phi) is 67.2. The maximum Gasteiger partial charge on any atom is 0.306 e. The van der Waals surface area contributed by atoms with Gasteiger partial charge in [0.25, 0.3) is 0 Å². The van der Waals surface area contributed by atoms with Crippen LogP contribution in [-0.2, 0) is 28.6 Å². The average molecular weight is 1150 g/mol. The molecule has 0 heterocycles. The highest BCUT2D eigenvalue weighted by Gasteiger charge is 2.19. The highest BCUT2D eigenvalue weighted by Crippen LogP contribution is 2.17. The predicted octanol–water partition coefficient (Wildman–Crippen LogP) is 24.6. The van der Waals surface area contributed by atoms with Crippen molar-refractivity contribution in [1.29, 1.82) is 0 Å². The molecule has 0 aliphatic rings. The van der Waals surface area contributed by atoms with Crippen molar-refractivity contribution in [3.63, 3.8) is 0 Å². The SMILES string of the molecule is CC/C=C\C/C=C\C/C=C\C/C=C\C/C=C\CCCCCCCC(=O)OC(COC(=O)CCCCCCC/C=C\CCCCCCCC)COC(=O)CCCCCCCCCCCCCCCC/C=C\C/C=C\C/C=C\CCCCCCC. The monoisotopic (exact) mass is 1150 g/mol. The molecule has 83 heavy (non-hydrogen) atoms. The van der Waals surface area contributed by atoms with Crippen LogP contribution >= 0.6 is 0 Å². The molecular weight excluding hydrogens is 1020 g/mol. The molecule has 0 aliphatic carbocycles. The Bertz CT molecular complexity index is 1660. The van der Waals surface area contributed by atoms with Crippen LogP contribution in [-0.4, -0.2) is 37.2 Å². The molecule has 6 heteroatoms. The molecule has 1 unspecified atom stereocenters. The molecule has 0 fully saturated rings. The van der Waals surface area contributed by atoms with Crippen molar-refractivity contribution in [2.45, 2.75) is 348 Å². The first-order valence-corrected chi connectivity index (χ1v) is 35.4. The lowest BCUT2D eigenvalue weighted by Crippen LogP contribution is -2.30. The molecule has 0 aromatic carbocycles. The van der Waals surface area contributed by atoms with E-state index in [1.165, 1.54) is 173 Å².